The quantitative estimate of drug-likeness (QED) is 0.854. The first kappa shape index (κ1) is 13.2. The van der Waals surface area contributed by atoms with E-state index < -0.39 is 5.60 Å². The van der Waals surface area contributed by atoms with E-state index in [0.29, 0.717) is 12.5 Å². The van der Waals surface area contributed by atoms with Crippen LogP contribution in [-0.2, 0) is 0 Å². The van der Waals surface area contributed by atoms with Crippen LogP contribution in [0.1, 0.15) is 30.7 Å². The molecule has 1 saturated carbocycles. The molecule has 2 unspecified atom stereocenters. The summed E-state index contributed by atoms with van der Waals surface area (Å²) >= 11 is 0. The molecular formula is C14H21NO3. The van der Waals surface area contributed by atoms with E-state index in [0.717, 1.165) is 30.8 Å². The van der Waals surface area contributed by atoms with E-state index >= 15 is 0 Å². The van der Waals surface area contributed by atoms with Crippen LogP contribution in [0.3, 0.4) is 0 Å². The lowest BCUT2D eigenvalue weighted by Gasteiger charge is -2.20. The molecule has 0 amide bonds. The van der Waals surface area contributed by atoms with E-state index in [1.54, 1.807) is 14.2 Å². The Balaban J connectivity index is 2.20. The third-order valence-corrected chi connectivity index (χ3v) is 3.84. The Hall–Kier alpha value is -1.26. The predicted octanol–water partition coefficient (Wildman–Crippen LogP) is 1.66. The normalized spacial score (nSPS) is 27.2. The summed E-state index contributed by atoms with van der Waals surface area (Å²) in [4.78, 5) is 0. The first-order valence-corrected chi connectivity index (χ1v) is 6.26. The van der Waals surface area contributed by atoms with Gasteiger partial charge in [-0.05, 0) is 42.9 Å². The number of hydrogen-bond donors (Lipinski definition) is 2. The molecular weight excluding hydrogens is 230 g/mol. The predicted molar refractivity (Wildman–Crippen MR) is 70.1 cm³/mol. The minimum absolute atomic E-state index is 0.330. The zero-order valence-electron chi connectivity index (χ0n) is 11.0. The van der Waals surface area contributed by atoms with Crippen molar-refractivity contribution in [3.05, 3.63) is 23.8 Å². The third-order valence-electron chi connectivity index (χ3n) is 3.84. The molecule has 1 aliphatic rings. The van der Waals surface area contributed by atoms with E-state index in [4.69, 9.17) is 15.2 Å². The summed E-state index contributed by atoms with van der Waals surface area (Å²) in [5.41, 5.74) is 6.10. The molecule has 100 valence electrons. The van der Waals surface area contributed by atoms with E-state index in [-0.39, 0.29) is 0 Å². The van der Waals surface area contributed by atoms with Gasteiger partial charge in [0.25, 0.3) is 0 Å². The summed E-state index contributed by atoms with van der Waals surface area (Å²) in [5, 5.41) is 10.2. The van der Waals surface area contributed by atoms with Crippen LogP contribution in [0, 0.1) is 0 Å². The van der Waals surface area contributed by atoms with Gasteiger partial charge in [0.15, 0.2) is 11.5 Å². The van der Waals surface area contributed by atoms with Crippen molar-refractivity contribution in [3.63, 3.8) is 0 Å². The van der Waals surface area contributed by atoms with Crippen molar-refractivity contribution >= 4 is 0 Å². The molecule has 0 spiro atoms. The van der Waals surface area contributed by atoms with Crippen LogP contribution in [0.2, 0.25) is 0 Å². The molecule has 1 fully saturated rings. The van der Waals surface area contributed by atoms with Gasteiger partial charge >= 0.3 is 0 Å². The van der Waals surface area contributed by atoms with E-state index in [2.05, 4.69) is 0 Å². The standard InChI is InChI=1S/C14H21NO3/c1-17-12-4-3-10(7-13(12)18-2)11-5-6-14(16,8-11)9-15/h3-4,7,11,16H,5-6,8-9,15H2,1-2H3. The van der Waals surface area contributed by atoms with Crippen LogP contribution >= 0.6 is 0 Å². The summed E-state index contributed by atoms with van der Waals surface area (Å²) in [7, 11) is 3.26. The Morgan fingerprint density at radius 3 is 2.61 bits per heavy atom. The smallest absolute Gasteiger partial charge is 0.160 e. The molecule has 4 nitrogen and oxygen atoms in total. The first-order valence-electron chi connectivity index (χ1n) is 6.26. The Morgan fingerprint density at radius 2 is 2.06 bits per heavy atom. The highest BCUT2D eigenvalue weighted by Gasteiger charge is 2.36. The lowest BCUT2D eigenvalue weighted by molar-refractivity contribution is 0.0554. The van der Waals surface area contributed by atoms with Crippen LogP contribution in [0.5, 0.6) is 11.5 Å². The fraction of sp³-hybridized carbons (Fsp3) is 0.571. The number of aliphatic hydroxyl groups is 1. The molecule has 1 aromatic rings. The summed E-state index contributed by atoms with van der Waals surface area (Å²) in [5.74, 6) is 1.81. The van der Waals surface area contributed by atoms with Gasteiger partial charge < -0.3 is 20.3 Å². The van der Waals surface area contributed by atoms with Gasteiger partial charge in [0.05, 0.1) is 19.8 Å². The zero-order chi connectivity index (χ0) is 13.2. The Kier molecular flexibility index (Phi) is 3.78. The Morgan fingerprint density at radius 1 is 1.33 bits per heavy atom. The molecule has 18 heavy (non-hydrogen) atoms. The summed E-state index contributed by atoms with van der Waals surface area (Å²) in [6.07, 6.45) is 2.45. The van der Waals surface area contributed by atoms with Gasteiger partial charge in [0, 0.05) is 6.54 Å². The van der Waals surface area contributed by atoms with Gasteiger partial charge in [0.2, 0.25) is 0 Å². The summed E-state index contributed by atoms with van der Waals surface area (Å²) in [6.45, 7) is 0.330. The van der Waals surface area contributed by atoms with Gasteiger partial charge in [-0.1, -0.05) is 6.07 Å². The molecule has 1 aromatic carbocycles. The molecule has 4 heteroatoms. The van der Waals surface area contributed by atoms with E-state index in [1.165, 1.54) is 5.56 Å². The second kappa shape index (κ2) is 5.16. The van der Waals surface area contributed by atoms with Gasteiger partial charge in [-0.3, -0.25) is 0 Å². The van der Waals surface area contributed by atoms with Crippen molar-refractivity contribution in [2.75, 3.05) is 20.8 Å². The minimum atomic E-state index is -0.697. The minimum Gasteiger partial charge on any atom is -0.493 e. The van der Waals surface area contributed by atoms with Crippen LogP contribution in [-0.4, -0.2) is 31.5 Å². The summed E-state index contributed by atoms with van der Waals surface area (Å²) < 4.78 is 10.5. The molecule has 2 rings (SSSR count). The second-order valence-corrected chi connectivity index (χ2v) is 4.98. The maximum absolute atomic E-state index is 10.2. The van der Waals surface area contributed by atoms with Crippen molar-refractivity contribution in [3.8, 4) is 11.5 Å². The van der Waals surface area contributed by atoms with Gasteiger partial charge in [-0.25, -0.2) is 0 Å². The lowest BCUT2D eigenvalue weighted by atomic mass is 9.94. The highest BCUT2D eigenvalue weighted by atomic mass is 16.5. The maximum atomic E-state index is 10.2. The lowest BCUT2D eigenvalue weighted by Crippen LogP contribution is -2.34. The Labute approximate surface area is 108 Å². The number of ether oxygens (including phenoxy) is 2. The fourth-order valence-corrected chi connectivity index (χ4v) is 2.68. The molecule has 0 bridgehead atoms. The molecule has 1 aliphatic carbocycles. The molecule has 0 saturated heterocycles. The molecule has 0 aromatic heterocycles. The largest absolute Gasteiger partial charge is 0.493 e. The van der Waals surface area contributed by atoms with Crippen molar-refractivity contribution < 1.29 is 14.6 Å². The van der Waals surface area contributed by atoms with Crippen LogP contribution in [0.4, 0.5) is 0 Å². The number of rotatable bonds is 4. The van der Waals surface area contributed by atoms with Gasteiger partial charge in [-0.15, -0.1) is 0 Å². The molecule has 0 aliphatic heterocycles. The third kappa shape index (κ3) is 2.44. The highest BCUT2D eigenvalue weighted by molar-refractivity contribution is 5.44. The number of benzene rings is 1. The van der Waals surface area contributed by atoms with E-state index in [9.17, 15) is 5.11 Å². The fourth-order valence-electron chi connectivity index (χ4n) is 2.68. The number of hydrogen-bond acceptors (Lipinski definition) is 4. The molecule has 3 N–H and O–H groups in total. The number of methoxy groups -OCH3 is 2. The van der Waals surface area contributed by atoms with Crippen molar-refractivity contribution in [2.45, 2.75) is 30.8 Å². The second-order valence-electron chi connectivity index (χ2n) is 4.98. The average Bonchev–Trinajstić information content (AvgIpc) is 2.81. The highest BCUT2D eigenvalue weighted by Crippen LogP contribution is 2.42. The Bertz CT molecular complexity index is 422. The average molecular weight is 251 g/mol. The van der Waals surface area contributed by atoms with Crippen LogP contribution < -0.4 is 15.2 Å². The monoisotopic (exact) mass is 251 g/mol. The van der Waals surface area contributed by atoms with E-state index in [1.807, 2.05) is 18.2 Å². The van der Waals surface area contributed by atoms with Crippen LogP contribution in [0.25, 0.3) is 0 Å². The molecule has 0 radical (unpaired) electrons. The van der Waals surface area contributed by atoms with Crippen molar-refractivity contribution in [1.82, 2.24) is 0 Å². The van der Waals surface area contributed by atoms with Gasteiger partial charge in [-0.2, -0.15) is 0 Å². The molecule has 0 heterocycles. The van der Waals surface area contributed by atoms with Gasteiger partial charge in [0.1, 0.15) is 0 Å². The SMILES string of the molecule is COc1ccc(C2CCC(O)(CN)C2)cc1OC. The van der Waals surface area contributed by atoms with Crippen molar-refractivity contribution in [1.29, 1.82) is 0 Å². The first-order chi connectivity index (χ1) is 8.61. The van der Waals surface area contributed by atoms with Crippen LogP contribution in [0.15, 0.2) is 18.2 Å². The maximum Gasteiger partial charge on any atom is 0.160 e. The summed E-state index contributed by atoms with van der Waals surface area (Å²) in [6, 6.07) is 5.94. The number of nitrogens with two attached hydrogens (primary N) is 1. The molecule has 2 atom stereocenters. The van der Waals surface area contributed by atoms with Crippen molar-refractivity contribution in [2.24, 2.45) is 5.73 Å². The zero-order valence-corrected chi connectivity index (χ0v) is 11.0. The topological polar surface area (TPSA) is 64.7 Å².